The van der Waals surface area contributed by atoms with Crippen molar-refractivity contribution in [1.82, 2.24) is 19.7 Å². The molecule has 1 saturated carbocycles. The van der Waals surface area contributed by atoms with Gasteiger partial charge >= 0.3 is 12.0 Å². The molecule has 0 spiro atoms. The van der Waals surface area contributed by atoms with Gasteiger partial charge in [0.05, 0.1) is 29.9 Å². The van der Waals surface area contributed by atoms with Gasteiger partial charge in [0.25, 0.3) is 0 Å². The monoisotopic (exact) mass is 389 g/mol. The van der Waals surface area contributed by atoms with Crippen molar-refractivity contribution in [2.45, 2.75) is 51.1 Å². The van der Waals surface area contributed by atoms with Crippen LogP contribution in [0.4, 0.5) is 9.93 Å². The van der Waals surface area contributed by atoms with Crippen LogP contribution in [0, 0.1) is 6.92 Å². The molecule has 2 aromatic rings. The largest absolute Gasteiger partial charge is 0.467 e. The Morgan fingerprint density at radius 1 is 1.30 bits per heavy atom. The van der Waals surface area contributed by atoms with Gasteiger partial charge in [-0.2, -0.15) is 5.10 Å². The number of aryl methyl sites for hydroxylation is 1. The van der Waals surface area contributed by atoms with Crippen LogP contribution in [0.3, 0.4) is 0 Å². The predicted molar refractivity (Wildman–Crippen MR) is 102 cm³/mol. The van der Waals surface area contributed by atoms with E-state index in [-0.39, 0.29) is 12.0 Å². The molecule has 4 rings (SSSR count). The van der Waals surface area contributed by atoms with Gasteiger partial charge in [0, 0.05) is 18.3 Å². The highest BCUT2D eigenvalue weighted by Gasteiger charge is 2.35. The molecule has 1 saturated heterocycles. The first-order chi connectivity index (χ1) is 13.1. The van der Waals surface area contributed by atoms with Gasteiger partial charge in [0.2, 0.25) is 0 Å². The molecule has 2 aliphatic rings. The maximum Gasteiger partial charge on any atom is 0.328 e. The number of anilines is 1. The van der Waals surface area contributed by atoms with E-state index in [4.69, 9.17) is 4.74 Å². The van der Waals surface area contributed by atoms with E-state index in [1.807, 2.05) is 17.8 Å². The lowest BCUT2D eigenvalue weighted by atomic mass is 9.93. The third-order valence-corrected chi connectivity index (χ3v) is 6.43. The van der Waals surface area contributed by atoms with Crippen molar-refractivity contribution in [3.05, 3.63) is 18.1 Å². The van der Waals surface area contributed by atoms with Crippen LogP contribution in [0.2, 0.25) is 0 Å². The predicted octanol–water partition coefficient (Wildman–Crippen LogP) is 3.21. The lowest BCUT2D eigenvalue weighted by Crippen LogP contribution is -2.43. The topological polar surface area (TPSA) is 89.3 Å². The van der Waals surface area contributed by atoms with Crippen LogP contribution in [0.5, 0.6) is 0 Å². The first kappa shape index (κ1) is 18.0. The molecule has 2 fully saturated rings. The number of aromatic nitrogens is 3. The van der Waals surface area contributed by atoms with Gasteiger partial charge in [0.15, 0.2) is 5.13 Å². The summed E-state index contributed by atoms with van der Waals surface area (Å²) in [5, 5.41) is 7.84. The normalized spacial score (nSPS) is 19.8. The van der Waals surface area contributed by atoms with Gasteiger partial charge in [-0.05, 0) is 39.0 Å². The van der Waals surface area contributed by atoms with Crippen molar-refractivity contribution in [3.8, 4) is 10.4 Å². The molecule has 1 aliphatic heterocycles. The van der Waals surface area contributed by atoms with Crippen LogP contribution in [0.1, 0.15) is 43.8 Å². The van der Waals surface area contributed by atoms with Crippen molar-refractivity contribution < 1.29 is 14.3 Å². The first-order valence-corrected chi connectivity index (χ1v) is 10.1. The molecule has 0 bridgehead atoms. The molecular formula is C18H23N5O3S. The van der Waals surface area contributed by atoms with Gasteiger partial charge in [-0.3, -0.25) is 10.00 Å². The molecule has 2 aromatic heterocycles. The highest BCUT2D eigenvalue weighted by molar-refractivity contribution is 7.19. The van der Waals surface area contributed by atoms with Crippen LogP contribution in [-0.2, 0) is 9.53 Å². The van der Waals surface area contributed by atoms with E-state index >= 15 is 0 Å². The van der Waals surface area contributed by atoms with Gasteiger partial charge in [0.1, 0.15) is 6.04 Å². The number of methoxy groups -OCH3 is 1. The minimum atomic E-state index is -0.517. The van der Waals surface area contributed by atoms with Gasteiger partial charge in [-0.25, -0.2) is 14.6 Å². The summed E-state index contributed by atoms with van der Waals surface area (Å²) in [6, 6.07) is -0.318. The highest BCUT2D eigenvalue weighted by atomic mass is 32.1. The summed E-state index contributed by atoms with van der Waals surface area (Å²) in [6.07, 6.45) is 8.96. The van der Waals surface area contributed by atoms with E-state index in [2.05, 4.69) is 21.6 Å². The van der Waals surface area contributed by atoms with Crippen LogP contribution in [-0.4, -0.2) is 51.4 Å². The molecule has 0 unspecified atom stereocenters. The average Bonchev–Trinajstić information content (AvgIpc) is 3.32. The number of urea groups is 1. The zero-order valence-electron chi connectivity index (χ0n) is 15.5. The number of amides is 2. The van der Waals surface area contributed by atoms with Crippen molar-refractivity contribution in [3.63, 3.8) is 0 Å². The lowest BCUT2D eigenvalue weighted by Gasteiger charge is -2.25. The number of nitrogens with zero attached hydrogens (tertiary/aromatic N) is 4. The van der Waals surface area contributed by atoms with Gasteiger partial charge in [-0.15, -0.1) is 0 Å². The average molecular weight is 389 g/mol. The molecule has 0 radical (unpaired) electrons. The number of likely N-dealkylation sites (tertiary alicyclic amines) is 1. The van der Waals surface area contributed by atoms with E-state index in [1.165, 1.54) is 42.6 Å². The SMILES string of the molecule is COC(=O)[C@@H]1CCCN1C(=O)Nc1nc(C)c(-c2cnn(C3CCC3)c2)s1. The van der Waals surface area contributed by atoms with E-state index in [1.54, 1.807) is 0 Å². The maximum atomic E-state index is 12.6. The fourth-order valence-corrected chi connectivity index (χ4v) is 4.51. The smallest absolute Gasteiger partial charge is 0.328 e. The molecule has 1 N–H and O–H groups in total. The molecule has 27 heavy (non-hydrogen) atoms. The second-order valence-electron chi connectivity index (χ2n) is 7.03. The Morgan fingerprint density at radius 2 is 2.11 bits per heavy atom. The molecule has 2 amide bonds. The first-order valence-electron chi connectivity index (χ1n) is 9.24. The number of carbonyl (C=O) groups excluding carboxylic acids is 2. The van der Waals surface area contributed by atoms with Crippen molar-refractivity contribution in [2.75, 3.05) is 19.0 Å². The maximum absolute atomic E-state index is 12.6. The Morgan fingerprint density at radius 3 is 2.81 bits per heavy atom. The third-order valence-electron chi connectivity index (χ3n) is 5.31. The van der Waals surface area contributed by atoms with Crippen molar-refractivity contribution >= 4 is 28.5 Å². The fourth-order valence-electron chi connectivity index (χ4n) is 3.58. The Hall–Kier alpha value is -2.42. The molecule has 9 heteroatoms. The fraction of sp³-hybridized carbons (Fsp3) is 0.556. The zero-order chi connectivity index (χ0) is 19.0. The lowest BCUT2D eigenvalue weighted by molar-refractivity contribution is -0.144. The molecule has 8 nitrogen and oxygen atoms in total. The van der Waals surface area contributed by atoms with E-state index in [9.17, 15) is 9.59 Å². The Bertz CT molecular complexity index is 857. The quantitative estimate of drug-likeness (QED) is 0.811. The molecular weight excluding hydrogens is 366 g/mol. The summed E-state index contributed by atoms with van der Waals surface area (Å²) < 4.78 is 6.83. The van der Waals surface area contributed by atoms with Crippen LogP contribution in [0.15, 0.2) is 12.4 Å². The summed E-state index contributed by atoms with van der Waals surface area (Å²) >= 11 is 1.43. The van der Waals surface area contributed by atoms with Crippen LogP contribution in [0.25, 0.3) is 10.4 Å². The Balaban J connectivity index is 1.47. The number of nitrogens with one attached hydrogen (secondary N) is 1. The standard InChI is InChI=1S/C18H23N5O3S/c1-11-15(12-9-19-23(10-12)13-5-3-6-13)27-17(20-11)21-18(25)22-8-4-7-14(22)16(24)26-2/h9-10,13-14H,3-8H2,1-2H3,(H,20,21,25)/t14-/m0/s1. The third kappa shape index (κ3) is 3.43. The number of thiazole rings is 1. The minimum Gasteiger partial charge on any atom is -0.467 e. The molecule has 3 heterocycles. The van der Waals surface area contributed by atoms with E-state index < -0.39 is 6.04 Å². The summed E-state index contributed by atoms with van der Waals surface area (Å²) in [4.78, 5) is 31.5. The summed E-state index contributed by atoms with van der Waals surface area (Å²) in [7, 11) is 1.34. The van der Waals surface area contributed by atoms with Gasteiger partial charge in [-0.1, -0.05) is 11.3 Å². The second-order valence-corrected chi connectivity index (χ2v) is 8.03. The van der Waals surface area contributed by atoms with Gasteiger partial charge < -0.3 is 9.64 Å². The van der Waals surface area contributed by atoms with Crippen LogP contribution < -0.4 is 5.32 Å². The summed E-state index contributed by atoms with van der Waals surface area (Å²) in [5.41, 5.74) is 1.88. The highest BCUT2D eigenvalue weighted by Crippen LogP contribution is 2.36. The molecule has 1 aliphatic carbocycles. The van der Waals surface area contributed by atoms with Crippen molar-refractivity contribution in [1.29, 1.82) is 0 Å². The minimum absolute atomic E-state index is 0.312. The Kier molecular flexibility index (Phi) is 4.86. The number of carbonyl (C=O) groups is 2. The zero-order valence-corrected chi connectivity index (χ0v) is 16.3. The van der Waals surface area contributed by atoms with E-state index in [0.29, 0.717) is 24.1 Å². The van der Waals surface area contributed by atoms with Crippen LogP contribution >= 0.6 is 11.3 Å². The summed E-state index contributed by atoms with van der Waals surface area (Å²) in [5.74, 6) is -0.373. The molecule has 144 valence electrons. The van der Waals surface area contributed by atoms with E-state index in [0.717, 1.165) is 22.6 Å². The Labute approximate surface area is 161 Å². The molecule has 1 atom stereocenters. The summed E-state index contributed by atoms with van der Waals surface area (Å²) in [6.45, 7) is 2.46. The molecule has 0 aromatic carbocycles. The number of rotatable bonds is 4. The number of hydrogen-bond donors (Lipinski definition) is 1. The number of ether oxygens (including phenoxy) is 1. The second kappa shape index (κ2) is 7.30. The number of hydrogen-bond acceptors (Lipinski definition) is 6. The van der Waals surface area contributed by atoms with Crippen molar-refractivity contribution in [2.24, 2.45) is 0 Å². The number of esters is 1.